The third-order valence-electron chi connectivity index (χ3n) is 25.2. The van der Waals surface area contributed by atoms with Crippen LogP contribution in [0.3, 0.4) is 0 Å². The van der Waals surface area contributed by atoms with Crippen molar-refractivity contribution >= 4 is 5.78 Å². The van der Waals surface area contributed by atoms with E-state index in [4.69, 9.17) is 14.2 Å². The van der Waals surface area contributed by atoms with E-state index in [1.807, 2.05) is 18.2 Å². The van der Waals surface area contributed by atoms with Gasteiger partial charge in [-0.05, 0) is 106 Å². The molecule has 3 aromatic carbocycles. The standard InChI is InChI=1S/2C21H27NO4.C21H25NO4.3BrH/c3*1-22(11-12-2-3-12)9-8-20-17-13-4-5-14(23)18(17)26-19(20)15(24)6-7-21(20,25)16(22)10-13;;;/h2*4-5,12,15-16,19,24-25H,2-3,6-11H2,1H3;4-5,12,16,19,25H,2-3,6-11H2,1H3;3*1H/t15-,16?,19+,20?,21-,22?;15-,16?,19-,20?,21+,22?;16?,19-,20?,21+,22?;;;/m100.../s1. The fourth-order valence-electron chi connectivity index (χ4n) is 21.2. The number of aromatic hydroxyl groups is 3. The number of hydrogen-bond donors (Lipinski definition) is 8. The number of Topliss-reactive ketones (excluding diaryl/α,β-unsaturated/α-hetero) is 1. The summed E-state index contributed by atoms with van der Waals surface area (Å²) in [5, 5.41) is 89.3. The van der Waals surface area contributed by atoms with Gasteiger partial charge in [-0.2, -0.15) is 0 Å². The highest BCUT2D eigenvalue weighted by atomic mass is 79.9. The first-order chi connectivity index (χ1) is 37.2. The third kappa shape index (κ3) is 7.21. The van der Waals surface area contributed by atoms with Crippen LogP contribution in [0.15, 0.2) is 36.4 Å². The summed E-state index contributed by atoms with van der Waals surface area (Å²) in [7, 11) is 6.97. The van der Waals surface area contributed by atoms with E-state index in [0.29, 0.717) is 55.8 Å². The molecule has 9 aliphatic carbocycles. The molecule has 81 heavy (non-hydrogen) atoms. The Bertz CT molecular complexity index is 2990. The minimum Gasteiger partial charge on any atom is -1.00 e. The van der Waals surface area contributed by atoms with Gasteiger partial charge < -0.3 is 119 Å². The highest BCUT2D eigenvalue weighted by molar-refractivity contribution is 5.90. The Labute approximate surface area is 506 Å². The van der Waals surface area contributed by atoms with E-state index in [1.54, 1.807) is 18.2 Å². The smallest absolute Gasteiger partial charge is 0.174 e. The largest absolute Gasteiger partial charge is 1.00 e. The van der Waals surface area contributed by atoms with E-state index in [2.05, 4.69) is 21.1 Å². The number of piperidine rings is 3. The molecule has 15 nitrogen and oxygen atoms in total. The molecule has 9 unspecified atom stereocenters. The van der Waals surface area contributed by atoms with Crippen molar-refractivity contribution in [2.45, 2.75) is 197 Å². The van der Waals surface area contributed by atoms with Crippen LogP contribution in [0.5, 0.6) is 34.5 Å². The second-order valence-electron chi connectivity index (χ2n) is 29.2. The lowest BCUT2D eigenvalue weighted by atomic mass is 9.48. The second kappa shape index (κ2) is 18.4. The van der Waals surface area contributed by atoms with E-state index < -0.39 is 63.6 Å². The molecule has 6 saturated carbocycles. The summed E-state index contributed by atoms with van der Waals surface area (Å²) in [6.07, 6.45) is 13.3. The number of phenols is 3. The zero-order valence-corrected chi connectivity index (χ0v) is 51.7. The molecule has 6 bridgehead atoms. The Morgan fingerprint density at radius 3 is 1.17 bits per heavy atom. The van der Waals surface area contributed by atoms with Gasteiger partial charge in [0.25, 0.3) is 0 Å². The van der Waals surface area contributed by atoms with Crippen LogP contribution in [0.4, 0.5) is 0 Å². The van der Waals surface area contributed by atoms with E-state index in [0.717, 1.165) is 131 Å². The average molecular weight is 1310 g/mol. The molecule has 6 heterocycles. The molecule has 18 rings (SSSR count). The second-order valence-corrected chi connectivity index (χ2v) is 29.2. The van der Waals surface area contributed by atoms with Crippen LogP contribution in [0, 0.1) is 17.8 Å². The van der Waals surface area contributed by atoms with E-state index in [9.17, 15) is 45.6 Å². The first kappa shape index (κ1) is 57.3. The van der Waals surface area contributed by atoms with Gasteiger partial charge in [0.2, 0.25) is 0 Å². The predicted molar refractivity (Wildman–Crippen MR) is 284 cm³/mol. The minimum atomic E-state index is -0.931. The third-order valence-corrected chi connectivity index (χ3v) is 25.2. The molecule has 3 saturated heterocycles. The predicted octanol–water partition coefficient (Wildman–Crippen LogP) is -4.39. The van der Waals surface area contributed by atoms with Crippen LogP contribution in [0.2, 0.25) is 0 Å². The number of likely N-dealkylation sites (N-methyl/N-ethyl adjacent to an activating group) is 3. The van der Waals surface area contributed by atoms with Gasteiger partial charge in [-0.25, -0.2) is 0 Å². The molecule has 6 aliphatic heterocycles. The summed E-state index contributed by atoms with van der Waals surface area (Å²) in [5.74, 6) is 4.35. The number of aliphatic hydroxyl groups is 5. The number of carbonyl (C=O) groups excluding carboxylic acids is 1. The van der Waals surface area contributed by atoms with E-state index in [1.165, 1.54) is 49.7 Å². The number of likely N-dealkylation sites (tertiary alicyclic amines) is 3. The number of ether oxygens (including phenoxy) is 3. The number of benzene rings is 3. The van der Waals surface area contributed by atoms with Crippen LogP contribution in [0.25, 0.3) is 0 Å². The number of halogens is 3. The van der Waals surface area contributed by atoms with Crippen molar-refractivity contribution in [3.8, 4) is 34.5 Å². The summed E-state index contributed by atoms with van der Waals surface area (Å²) in [6, 6.07) is 11.5. The first-order valence-electron chi connectivity index (χ1n) is 30.3. The maximum Gasteiger partial charge on any atom is 0.174 e. The van der Waals surface area contributed by atoms with Gasteiger partial charge in [-0.15, -0.1) is 0 Å². The number of phenolic OH excluding ortho intramolecular Hbond substituents is 3. The van der Waals surface area contributed by atoms with Crippen molar-refractivity contribution in [1.29, 1.82) is 0 Å². The minimum absolute atomic E-state index is 0. The lowest BCUT2D eigenvalue weighted by Gasteiger charge is -2.65. The van der Waals surface area contributed by atoms with Crippen LogP contribution in [-0.4, -0.2) is 186 Å². The number of aliphatic hydroxyl groups excluding tert-OH is 2. The van der Waals surface area contributed by atoms with Gasteiger partial charge in [0.05, 0.1) is 88.9 Å². The molecule has 0 radical (unpaired) electrons. The molecule has 9 fully saturated rings. The highest BCUT2D eigenvalue weighted by Gasteiger charge is 2.80. The summed E-state index contributed by atoms with van der Waals surface area (Å²) >= 11 is 0. The normalized spacial score (nSPS) is 45.4. The Morgan fingerprint density at radius 2 is 0.802 bits per heavy atom. The number of hydrogen-bond acceptors (Lipinski definition) is 12. The fraction of sp³-hybridized carbons (Fsp3) is 0.698. The number of nitrogens with zero attached hydrogens (tertiary/aromatic N) is 3. The molecule has 0 amide bonds. The van der Waals surface area contributed by atoms with E-state index >= 15 is 0 Å². The lowest BCUT2D eigenvalue weighted by molar-refractivity contribution is -0.950. The van der Waals surface area contributed by atoms with Crippen molar-refractivity contribution in [3.63, 3.8) is 0 Å². The monoisotopic (exact) mass is 1310 g/mol. The number of carbonyl (C=O) groups is 1. The van der Waals surface area contributed by atoms with Gasteiger partial charge in [-0.1, -0.05) is 18.2 Å². The number of rotatable bonds is 6. The molecule has 8 N–H and O–H groups in total. The maximum atomic E-state index is 12.8. The Morgan fingerprint density at radius 1 is 0.469 bits per heavy atom. The van der Waals surface area contributed by atoms with Crippen LogP contribution in [0.1, 0.15) is 130 Å². The molecule has 442 valence electrons. The molecule has 17 atom stereocenters. The van der Waals surface area contributed by atoms with Gasteiger partial charge in [-0.3, -0.25) is 4.79 Å². The van der Waals surface area contributed by atoms with Gasteiger partial charge >= 0.3 is 0 Å². The Kier molecular flexibility index (Phi) is 13.0. The molecule has 15 aliphatic rings. The average Bonchev–Trinajstić information content (AvgIpc) is 1.86. The van der Waals surface area contributed by atoms with Crippen molar-refractivity contribution in [1.82, 2.24) is 0 Å². The summed E-state index contributed by atoms with van der Waals surface area (Å²) < 4.78 is 21.2. The van der Waals surface area contributed by atoms with Gasteiger partial charge in [0.1, 0.15) is 47.1 Å². The van der Waals surface area contributed by atoms with Crippen molar-refractivity contribution in [2.75, 3.05) is 60.4 Å². The quantitative estimate of drug-likeness (QED) is 0.110. The van der Waals surface area contributed by atoms with Crippen LogP contribution >= 0.6 is 0 Å². The van der Waals surface area contributed by atoms with Gasteiger partial charge in [0.15, 0.2) is 46.4 Å². The fourth-order valence-corrected chi connectivity index (χ4v) is 21.2. The topological polar surface area (TPSA) is 207 Å². The van der Waals surface area contributed by atoms with Gasteiger partial charge in [0, 0.05) is 79.4 Å². The highest BCUT2D eigenvalue weighted by Crippen LogP contribution is 2.70. The summed E-state index contributed by atoms with van der Waals surface area (Å²) in [6.45, 7) is 6.40. The Hall–Kier alpha value is -2.75. The van der Waals surface area contributed by atoms with Crippen molar-refractivity contribution < 1.29 is 124 Å². The van der Waals surface area contributed by atoms with Crippen LogP contribution < -0.4 is 65.2 Å². The zero-order chi connectivity index (χ0) is 53.7. The maximum absolute atomic E-state index is 12.8. The molecule has 3 aromatic rings. The van der Waals surface area contributed by atoms with Crippen molar-refractivity contribution in [2.24, 2.45) is 17.8 Å². The Balaban J connectivity index is 0.000000112. The lowest BCUT2D eigenvalue weighted by Crippen LogP contribution is -3.00. The number of ketones is 1. The van der Waals surface area contributed by atoms with Crippen LogP contribution in [-0.2, 0) is 40.3 Å². The number of quaternary nitrogens is 3. The molecular formula is C63H82Br3N3O12. The molecular weight excluding hydrogens is 1230 g/mol. The van der Waals surface area contributed by atoms with Crippen molar-refractivity contribution in [3.05, 3.63) is 69.8 Å². The first-order valence-corrected chi connectivity index (χ1v) is 30.3. The summed E-state index contributed by atoms with van der Waals surface area (Å²) in [4.78, 5) is 12.8. The zero-order valence-electron chi connectivity index (χ0n) is 47.0. The molecule has 18 heteroatoms. The summed E-state index contributed by atoms with van der Waals surface area (Å²) in [5.41, 5.74) is 2.00. The van der Waals surface area contributed by atoms with E-state index in [-0.39, 0.29) is 92.1 Å². The SMILES string of the molecule is C[N+]1(CC2CC2)CCC23c4c5ccc(O)c4O[C@H]2C(=O)CC[C@@]3(O)C1C5.C[N+]1(CC2CC2)CCC23c4c5ccc(O)c4O[C@H]2[C@@H](O)CC[C@@]3(O)C1C5.C[N+]1(CC2CC2)CCC23c4c5ccc(O)c4O[C@H]2[C@H](O)CC[C@@]3(O)C1C5.[Br-].[Br-].[Br-]. The molecule has 0 aromatic heterocycles. The molecule has 3 spiro atoms.